The fourth-order valence-corrected chi connectivity index (χ4v) is 4.01. The minimum absolute atomic E-state index is 0.198. The van der Waals surface area contributed by atoms with Crippen molar-refractivity contribution in [2.75, 3.05) is 18.4 Å². The van der Waals surface area contributed by atoms with Gasteiger partial charge in [0.1, 0.15) is 16.5 Å². The van der Waals surface area contributed by atoms with Gasteiger partial charge in [0.25, 0.3) is 0 Å². The van der Waals surface area contributed by atoms with Gasteiger partial charge in [-0.25, -0.2) is 17.8 Å². The van der Waals surface area contributed by atoms with E-state index in [1.54, 1.807) is 24.3 Å². The Balaban J connectivity index is 1.74. The van der Waals surface area contributed by atoms with Gasteiger partial charge in [0, 0.05) is 25.0 Å². The lowest BCUT2D eigenvalue weighted by Crippen LogP contribution is -2.35. The van der Waals surface area contributed by atoms with Crippen LogP contribution in [0.3, 0.4) is 0 Å². The zero-order valence-corrected chi connectivity index (χ0v) is 13.4. The Labute approximate surface area is 135 Å². The van der Waals surface area contributed by atoms with E-state index in [-0.39, 0.29) is 10.7 Å². The molecule has 5 nitrogen and oxygen atoms in total. The van der Waals surface area contributed by atoms with Gasteiger partial charge < -0.3 is 5.32 Å². The molecule has 1 fully saturated rings. The fraction of sp³-hybridized carbons (Fsp3) is 0.312. The molecule has 0 spiro atoms. The van der Waals surface area contributed by atoms with E-state index in [1.165, 1.54) is 22.6 Å². The summed E-state index contributed by atoms with van der Waals surface area (Å²) < 4.78 is 39.4. The zero-order chi connectivity index (χ0) is 16.3. The average Bonchev–Trinajstić information content (AvgIpc) is 2.58. The molecule has 0 amide bonds. The van der Waals surface area contributed by atoms with Crippen molar-refractivity contribution in [2.45, 2.75) is 24.2 Å². The highest BCUT2D eigenvalue weighted by Crippen LogP contribution is 2.21. The van der Waals surface area contributed by atoms with Crippen LogP contribution in [0.2, 0.25) is 0 Å². The molecule has 1 aromatic carbocycles. The maximum absolute atomic E-state index is 12.9. The normalized spacial score (nSPS) is 16.2. The summed E-state index contributed by atoms with van der Waals surface area (Å²) >= 11 is 0. The van der Waals surface area contributed by atoms with E-state index < -0.39 is 10.0 Å². The second-order valence-corrected chi connectivity index (χ2v) is 7.41. The Bertz CT molecular complexity index is 755. The maximum Gasteiger partial charge on any atom is 0.244 e. The van der Waals surface area contributed by atoms with Crippen LogP contribution in [-0.4, -0.2) is 30.8 Å². The van der Waals surface area contributed by atoms with Crippen LogP contribution in [0.1, 0.15) is 19.3 Å². The van der Waals surface area contributed by atoms with Gasteiger partial charge in [-0.1, -0.05) is 6.42 Å². The molecule has 23 heavy (non-hydrogen) atoms. The van der Waals surface area contributed by atoms with Gasteiger partial charge in [0.2, 0.25) is 10.0 Å². The number of sulfonamides is 1. The number of rotatable bonds is 4. The van der Waals surface area contributed by atoms with Gasteiger partial charge >= 0.3 is 0 Å². The van der Waals surface area contributed by atoms with Gasteiger partial charge in [0.15, 0.2) is 0 Å². The van der Waals surface area contributed by atoms with Crippen molar-refractivity contribution in [2.24, 2.45) is 0 Å². The molecule has 1 aliphatic rings. The Morgan fingerprint density at radius 3 is 2.30 bits per heavy atom. The van der Waals surface area contributed by atoms with E-state index >= 15 is 0 Å². The third-order valence-corrected chi connectivity index (χ3v) is 5.69. The molecule has 1 saturated heterocycles. The first-order valence-electron chi connectivity index (χ1n) is 7.54. The van der Waals surface area contributed by atoms with Crippen molar-refractivity contribution >= 4 is 21.5 Å². The number of nitrogens with zero attached hydrogens (tertiary/aromatic N) is 2. The van der Waals surface area contributed by atoms with Gasteiger partial charge in [0.05, 0.1) is 0 Å². The van der Waals surface area contributed by atoms with Crippen LogP contribution in [-0.2, 0) is 10.0 Å². The third kappa shape index (κ3) is 3.68. The van der Waals surface area contributed by atoms with Crippen LogP contribution in [0.5, 0.6) is 0 Å². The third-order valence-electron chi connectivity index (χ3n) is 3.81. The largest absolute Gasteiger partial charge is 0.340 e. The second kappa shape index (κ2) is 6.64. The predicted molar refractivity (Wildman–Crippen MR) is 86.5 cm³/mol. The number of hydrogen-bond donors (Lipinski definition) is 1. The van der Waals surface area contributed by atoms with E-state index in [0.717, 1.165) is 19.3 Å². The fourth-order valence-electron chi connectivity index (χ4n) is 2.54. The van der Waals surface area contributed by atoms with Crippen LogP contribution >= 0.6 is 0 Å². The molecule has 1 aromatic heterocycles. The molecular formula is C16H18FN3O2S. The minimum Gasteiger partial charge on any atom is -0.340 e. The lowest BCUT2D eigenvalue weighted by molar-refractivity contribution is 0.346. The van der Waals surface area contributed by atoms with Crippen LogP contribution in [0.15, 0.2) is 47.5 Å². The van der Waals surface area contributed by atoms with Crippen molar-refractivity contribution in [3.63, 3.8) is 0 Å². The topological polar surface area (TPSA) is 62.3 Å². The van der Waals surface area contributed by atoms with E-state index in [2.05, 4.69) is 10.3 Å². The monoisotopic (exact) mass is 335 g/mol. The Hall–Kier alpha value is -1.99. The summed E-state index contributed by atoms with van der Waals surface area (Å²) in [4.78, 5) is 4.35. The number of piperidine rings is 1. The van der Waals surface area contributed by atoms with Crippen LogP contribution in [0.25, 0.3) is 0 Å². The van der Waals surface area contributed by atoms with Crippen molar-refractivity contribution in [1.82, 2.24) is 9.29 Å². The smallest absolute Gasteiger partial charge is 0.244 e. The maximum atomic E-state index is 12.9. The Morgan fingerprint density at radius 1 is 1.00 bits per heavy atom. The average molecular weight is 335 g/mol. The number of halogens is 1. The van der Waals surface area contributed by atoms with Crippen molar-refractivity contribution in [3.05, 3.63) is 48.4 Å². The molecule has 0 saturated carbocycles. The second-order valence-electron chi connectivity index (χ2n) is 5.48. The summed E-state index contributed by atoms with van der Waals surface area (Å²) in [6, 6.07) is 9.03. The van der Waals surface area contributed by atoms with E-state index in [4.69, 9.17) is 0 Å². The summed E-state index contributed by atoms with van der Waals surface area (Å²) in [6.45, 7) is 1.13. The number of benzene rings is 1. The van der Waals surface area contributed by atoms with E-state index in [9.17, 15) is 12.8 Å². The highest BCUT2D eigenvalue weighted by atomic mass is 32.2. The number of pyridine rings is 1. The molecule has 1 aliphatic heterocycles. The summed E-state index contributed by atoms with van der Waals surface area (Å²) in [5.41, 5.74) is 0.686. The number of anilines is 2. The molecule has 1 N–H and O–H groups in total. The molecule has 3 rings (SSSR count). The van der Waals surface area contributed by atoms with E-state index in [1.807, 2.05) is 0 Å². The molecular weight excluding hydrogens is 317 g/mol. The van der Waals surface area contributed by atoms with Crippen LogP contribution in [0.4, 0.5) is 15.9 Å². The minimum atomic E-state index is -3.46. The molecule has 2 heterocycles. The first-order chi connectivity index (χ1) is 11.1. The quantitative estimate of drug-likeness (QED) is 0.932. The van der Waals surface area contributed by atoms with Gasteiger partial charge in [-0.3, -0.25) is 0 Å². The first-order valence-corrected chi connectivity index (χ1v) is 8.98. The number of aromatic nitrogens is 1. The number of nitrogens with one attached hydrogen (secondary N) is 1. The molecule has 0 radical (unpaired) electrons. The van der Waals surface area contributed by atoms with E-state index in [0.29, 0.717) is 24.6 Å². The molecule has 0 atom stereocenters. The molecule has 0 aliphatic carbocycles. The zero-order valence-electron chi connectivity index (χ0n) is 12.6. The summed E-state index contributed by atoms with van der Waals surface area (Å²) in [6.07, 6.45) is 4.23. The molecule has 0 unspecified atom stereocenters. The van der Waals surface area contributed by atoms with Crippen molar-refractivity contribution < 1.29 is 12.8 Å². The van der Waals surface area contributed by atoms with Crippen LogP contribution in [0, 0.1) is 5.82 Å². The summed E-state index contributed by atoms with van der Waals surface area (Å²) in [7, 11) is -3.46. The summed E-state index contributed by atoms with van der Waals surface area (Å²) in [5, 5.41) is 3.00. The van der Waals surface area contributed by atoms with Crippen molar-refractivity contribution in [1.29, 1.82) is 0 Å². The molecule has 2 aromatic rings. The SMILES string of the molecule is O=S(=O)(c1ccc(Nc2ccc(F)cc2)nc1)N1CCCCC1. The predicted octanol–water partition coefficient (Wildman–Crippen LogP) is 3.14. The Morgan fingerprint density at radius 2 is 1.70 bits per heavy atom. The highest BCUT2D eigenvalue weighted by molar-refractivity contribution is 7.89. The highest BCUT2D eigenvalue weighted by Gasteiger charge is 2.26. The van der Waals surface area contributed by atoms with Crippen molar-refractivity contribution in [3.8, 4) is 0 Å². The first kappa shape index (κ1) is 15.9. The standard InChI is InChI=1S/C16H18FN3O2S/c17-13-4-6-14(7-5-13)19-16-9-8-15(12-18-16)23(21,22)20-10-2-1-3-11-20/h4-9,12H,1-3,10-11H2,(H,18,19). The summed E-state index contributed by atoms with van der Waals surface area (Å²) in [5.74, 6) is 0.195. The van der Waals surface area contributed by atoms with Gasteiger partial charge in [-0.15, -0.1) is 0 Å². The molecule has 0 bridgehead atoms. The number of hydrogen-bond acceptors (Lipinski definition) is 4. The lowest BCUT2D eigenvalue weighted by Gasteiger charge is -2.25. The van der Waals surface area contributed by atoms with Gasteiger partial charge in [-0.2, -0.15) is 4.31 Å². The van der Waals surface area contributed by atoms with Gasteiger partial charge in [-0.05, 0) is 49.2 Å². The molecule has 7 heteroatoms. The molecule has 122 valence electrons. The van der Waals surface area contributed by atoms with Crippen LogP contribution < -0.4 is 5.32 Å². The lowest BCUT2D eigenvalue weighted by atomic mass is 10.2. The Kier molecular flexibility index (Phi) is 4.58.